The lowest BCUT2D eigenvalue weighted by Crippen LogP contribution is -1.97. The third-order valence-corrected chi connectivity index (χ3v) is 2.79. The van der Waals surface area contributed by atoms with Crippen LogP contribution in [0.25, 0.3) is 11.0 Å². The molecule has 0 aliphatic carbocycles. The Balaban J connectivity index is 2.06. The Morgan fingerprint density at radius 2 is 2.28 bits per heavy atom. The highest BCUT2D eigenvalue weighted by atomic mass is 19.1. The summed E-state index contributed by atoms with van der Waals surface area (Å²) in [6.45, 7) is 0. The predicted molar refractivity (Wildman–Crippen MR) is 63.4 cm³/mol. The molecule has 1 unspecified atom stereocenters. The summed E-state index contributed by atoms with van der Waals surface area (Å²) in [6, 6.07) is 6.28. The number of nitrogens with zero attached hydrogens (tertiary/aromatic N) is 2. The summed E-state index contributed by atoms with van der Waals surface area (Å²) in [5.41, 5.74) is 0.624. The van der Waals surface area contributed by atoms with Crippen molar-refractivity contribution in [2.24, 2.45) is 7.05 Å². The number of furan rings is 1. The number of hydrogen-bond donors (Lipinski definition) is 1. The fraction of sp³-hybridized carbons (Fsp3) is 0.154. The SMILES string of the molecule is Cn1cnc(C(O)c2cc3cccc(F)c3o2)c1. The van der Waals surface area contributed by atoms with Crippen LogP contribution in [0, 0.1) is 5.82 Å². The number of halogens is 1. The van der Waals surface area contributed by atoms with Crippen molar-refractivity contribution in [1.82, 2.24) is 9.55 Å². The van der Waals surface area contributed by atoms with Crippen LogP contribution >= 0.6 is 0 Å². The maximum absolute atomic E-state index is 13.5. The minimum Gasteiger partial charge on any atom is -0.455 e. The second-order valence-corrected chi connectivity index (χ2v) is 4.17. The highest BCUT2D eigenvalue weighted by Gasteiger charge is 2.18. The van der Waals surface area contributed by atoms with Gasteiger partial charge in [-0.3, -0.25) is 0 Å². The van der Waals surface area contributed by atoms with Crippen LogP contribution in [0.15, 0.2) is 41.2 Å². The number of benzene rings is 1. The summed E-state index contributed by atoms with van der Waals surface area (Å²) in [4.78, 5) is 4.04. The van der Waals surface area contributed by atoms with Crippen molar-refractivity contribution >= 4 is 11.0 Å². The Labute approximate surface area is 102 Å². The molecule has 5 heteroatoms. The highest BCUT2D eigenvalue weighted by Crippen LogP contribution is 2.28. The molecule has 2 heterocycles. The van der Waals surface area contributed by atoms with E-state index in [2.05, 4.69) is 4.98 Å². The van der Waals surface area contributed by atoms with Crippen molar-refractivity contribution in [3.8, 4) is 0 Å². The normalized spacial score (nSPS) is 13.1. The van der Waals surface area contributed by atoms with E-state index in [0.29, 0.717) is 11.1 Å². The Morgan fingerprint density at radius 3 is 2.94 bits per heavy atom. The van der Waals surface area contributed by atoms with Crippen molar-refractivity contribution in [2.45, 2.75) is 6.10 Å². The Kier molecular flexibility index (Phi) is 2.41. The minimum atomic E-state index is -0.988. The van der Waals surface area contributed by atoms with Gasteiger partial charge in [-0.2, -0.15) is 0 Å². The molecule has 4 nitrogen and oxygen atoms in total. The number of rotatable bonds is 2. The molecule has 1 atom stereocenters. The van der Waals surface area contributed by atoms with E-state index in [-0.39, 0.29) is 11.3 Å². The van der Waals surface area contributed by atoms with Gasteiger partial charge in [-0.25, -0.2) is 9.37 Å². The van der Waals surface area contributed by atoms with Crippen molar-refractivity contribution < 1.29 is 13.9 Å². The molecule has 3 rings (SSSR count). The molecule has 2 aromatic heterocycles. The average Bonchev–Trinajstić information content (AvgIpc) is 2.95. The number of aliphatic hydroxyl groups is 1. The van der Waals surface area contributed by atoms with E-state index in [1.165, 1.54) is 6.07 Å². The molecular weight excluding hydrogens is 235 g/mol. The summed E-state index contributed by atoms with van der Waals surface area (Å²) in [5.74, 6) is -0.152. The van der Waals surface area contributed by atoms with Crippen molar-refractivity contribution in [1.29, 1.82) is 0 Å². The topological polar surface area (TPSA) is 51.2 Å². The van der Waals surface area contributed by atoms with Crippen LogP contribution < -0.4 is 0 Å². The standard InChI is InChI=1S/C13H11FN2O2/c1-16-6-10(15-7-16)12(17)11-5-8-3-2-4-9(14)13(8)18-11/h2-7,12,17H,1H3. The first-order valence-electron chi connectivity index (χ1n) is 5.49. The van der Waals surface area contributed by atoms with Crippen LogP contribution in [-0.4, -0.2) is 14.7 Å². The maximum atomic E-state index is 13.5. The molecule has 3 aromatic rings. The van der Waals surface area contributed by atoms with E-state index in [9.17, 15) is 9.50 Å². The summed E-state index contributed by atoms with van der Waals surface area (Å²) < 4.78 is 20.5. The lowest BCUT2D eigenvalue weighted by molar-refractivity contribution is 0.187. The number of para-hydroxylation sites is 1. The van der Waals surface area contributed by atoms with Gasteiger partial charge < -0.3 is 14.1 Å². The van der Waals surface area contributed by atoms with Gasteiger partial charge in [0.2, 0.25) is 0 Å². The number of imidazole rings is 1. The first kappa shape index (κ1) is 11.0. The smallest absolute Gasteiger partial charge is 0.170 e. The molecule has 0 saturated heterocycles. The number of aryl methyl sites for hydroxylation is 1. The van der Waals surface area contributed by atoms with Crippen LogP contribution in [0.1, 0.15) is 17.6 Å². The first-order chi connectivity index (χ1) is 8.65. The molecule has 0 amide bonds. The van der Waals surface area contributed by atoms with Crippen molar-refractivity contribution in [2.75, 3.05) is 0 Å². The zero-order valence-corrected chi connectivity index (χ0v) is 9.67. The lowest BCUT2D eigenvalue weighted by atomic mass is 10.2. The van der Waals surface area contributed by atoms with Crippen LogP contribution in [0.2, 0.25) is 0 Å². The largest absolute Gasteiger partial charge is 0.455 e. The molecule has 0 aliphatic rings. The highest BCUT2D eigenvalue weighted by molar-refractivity contribution is 5.78. The van der Waals surface area contributed by atoms with Crippen LogP contribution in [0.3, 0.4) is 0 Å². The molecule has 92 valence electrons. The van der Waals surface area contributed by atoms with Gasteiger partial charge in [0, 0.05) is 18.6 Å². The summed E-state index contributed by atoms with van der Waals surface area (Å²) in [7, 11) is 1.81. The number of aliphatic hydroxyl groups excluding tert-OH is 1. The zero-order valence-electron chi connectivity index (χ0n) is 9.67. The summed E-state index contributed by atoms with van der Waals surface area (Å²) >= 11 is 0. The minimum absolute atomic E-state index is 0.155. The molecule has 18 heavy (non-hydrogen) atoms. The van der Waals surface area contributed by atoms with E-state index >= 15 is 0 Å². The third kappa shape index (κ3) is 1.69. The Bertz CT molecular complexity index is 702. The summed E-state index contributed by atoms with van der Waals surface area (Å²) in [5, 5.41) is 10.7. The van der Waals surface area contributed by atoms with Gasteiger partial charge in [-0.15, -0.1) is 0 Å². The molecule has 0 radical (unpaired) electrons. The van der Waals surface area contributed by atoms with Crippen molar-refractivity contribution in [3.63, 3.8) is 0 Å². The van der Waals surface area contributed by atoms with Crippen molar-refractivity contribution in [3.05, 3.63) is 54.1 Å². The molecule has 0 spiro atoms. The van der Waals surface area contributed by atoms with Gasteiger partial charge in [0.25, 0.3) is 0 Å². The van der Waals surface area contributed by atoms with Gasteiger partial charge in [0.15, 0.2) is 17.5 Å². The van der Waals surface area contributed by atoms with Crippen LogP contribution in [0.4, 0.5) is 4.39 Å². The zero-order chi connectivity index (χ0) is 12.7. The number of aromatic nitrogens is 2. The fourth-order valence-corrected chi connectivity index (χ4v) is 1.90. The Hall–Kier alpha value is -2.14. The third-order valence-electron chi connectivity index (χ3n) is 2.79. The predicted octanol–water partition coefficient (Wildman–Crippen LogP) is 2.39. The summed E-state index contributed by atoms with van der Waals surface area (Å²) in [6.07, 6.45) is 2.29. The average molecular weight is 246 g/mol. The van der Waals surface area contributed by atoms with Gasteiger partial charge in [-0.05, 0) is 12.1 Å². The van der Waals surface area contributed by atoms with Crippen LogP contribution in [-0.2, 0) is 7.05 Å². The second kappa shape index (κ2) is 3.96. The molecule has 0 fully saturated rings. The molecule has 0 saturated carbocycles. The monoisotopic (exact) mass is 246 g/mol. The lowest BCUT2D eigenvalue weighted by Gasteiger charge is -2.02. The first-order valence-corrected chi connectivity index (χ1v) is 5.49. The fourth-order valence-electron chi connectivity index (χ4n) is 1.90. The van der Waals surface area contributed by atoms with E-state index in [0.717, 1.165) is 0 Å². The van der Waals surface area contributed by atoms with E-state index < -0.39 is 11.9 Å². The molecule has 0 aliphatic heterocycles. The number of fused-ring (bicyclic) bond motifs is 1. The number of hydrogen-bond acceptors (Lipinski definition) is 3. The quantitative estimate of drug-likeness (QED) is 0.755. The van der Waals surface area contributed by atoms with E-state index in [1.54, 1.807) is 35.3 Å². The van der Waals surface area contributed by atoms with E-state index in [4.69, 9.17) is 4.42 Å². The molecule has 1 aromatic carbocycles. The second-order valence-electron chi connectivity index (χ2n) is 4.17. The molecule has 1 N–H and O–H groups in total. The van der Waals surface area contributed by atoms with Gasteiger partial charge in [0.05, 0.1) is 12.0 Å². The van der Waals surface area contributed by atoms with Gasteiger partial charge in [-0.1, -0.05) is 12.1 Å². The Morgan fingerprint density at radius 1 is 1.44 bits per heavy atom. The maximum Gasteiger partial charge on any atom is 0.170 e. The van der Waals surface area contributed by atoms with Crippen LogP contribution in [0.5, 0.6) is 0 Å². The molecular formula is C13H11FN2O2. The van der Waals surface area contributed by atoms with Gasteiger partial charge in [0.1, 0.15) is 5.76 Å². The van der Waals surface area contributed by atoms with Gasteiger partial charge >= 0.3 is 0 Å². The van der Waals surface area contributed by atoms with E-state index in [1.807, 2.05) is 7.05 Å². The molecule has 0 bridgehead atoms.